The fourth-order valence-corrected chi connectivity index (χ4v) is 0.776. The number of benzene rings is 1. The molecular formula is C8H6ClO3. The lowest BCUT2D eigenvalue weighted by Gasteiger charge is -2.02. The van der Waals surface area contributed by atoms with Crippen molar-refractivity contribution in [2.75, 3.05) is 7.11 Å². The molecule has 63 valence electrons. The van der Waals surface area contributed by atoms with Gasteiger partial charge in [0, 0.05) is 6.07 Å². The largest absolute Gasteiger partial charge is 0.513 e. The molecule has 0 heterocycles. The minimum Gasteiger partial charge on any atom is -0.437 e. The van der Waals surface area contributed by atoms with Crippen LogP contribution < -0.4 is 4.74 Å². The number of rotatable bonds is 1. The lowest BCUT2D eigenvalue weighted by atomic mass is 10.3. The lowest BCUT2D eigenvalue weighted by Crippen LogP contribution is -2.07. The second kappa shape index (κ2) is 3.97. The van der Waals surface area contributed by atoms with E-state index >= 15 is 0 Å². The van der Waals surface area contributed by atoms with Gasteiger partial charge in [0.15, 0.2) is 5.75 Å². The second-order valence-corrected chi connectivity index (χ2v) is 2.28. The quantitative estimate of drug-likeness (QED) is 0.498. The number of halogens is 1. The summed E-state index contributed by atoms with van der Waals surface area (Å²) in [5.74, 6) is 0.242. The Morgan fingerprint density at radius 2 is 2.42 bits per heavy atom. The van der Waals surface area contributed by atoms with Crippen LogP contribution in [-0.2, 0) is 4.74 Å². The van der Waals surface area contributed by atoms with E-state index in [0.29, 0.717) is 0 Å². The summed E-state index contributed by atoms with van der Waals surface area (Å²) >= 11 is 5.64. The van der Waals surface area contributed by atoms with Crippen LogP contribution in [0.4, 0.5) is 4.79 Å². The molecular weight excluding hydrogens is 180 g/mol. The van der Waals surface area contributed by atoms with Crippen LogP contribution in [0, 0.1) is 6.07 Å². The van der Waals surface area contributed by atoms with Gasteiger partial charge < -0.3 is 9.47 Å². The molecule has 12 heavy (non-hydrogen) atoms. The Morgan fingerprint density at radius 1 is 1.67 bits per heavy atom. The minimum atomic E-state index is -0.795. The molecule has 0 saturated heterocycles. The lowest BCUT2D eigenvalue weighted by molar-refractivity contribution is 0.121. The fraction of sp³-hybridized carbons (Fsp3) is 0.125. The molecule has 1 rings (SSSR count). The van der Waals surface area contributed by atoms with E-state index < -0.39 is 6.16 Å². The Balaban J connectivity index is 2.75. The van der Waals surface area contributed by atoms with Gasteiger partial charge in [0.2, 0.25) is 0 Å². The van der Waals surface area contributed by atoms with Crippen molar-refractivity contribution in [3.8, 4) is 5.75 Å². The normalized spacial score (nSPS) is 9.17. The number of hydrogen-bond donors (Lipinski definition) is 0. The van der Waals surface area contributed by atoms with Crippen molar-refractivity contribution in [2.45, 2.75) is 0 Å². The highest BCUT2D eigenvalue weighted by Crippen LogP contribution is 2.22. The maximum absolute atomic E-state index is 10.6. The average molecular weight is 186 g/mol. The Kier molecular flexibility index (Phi) is 2.94. The smallest absolute Gasteiger partial charge is 0.437 e. The molecule has 1 aromatic carbocycles. The summed E-state index contributed by atoms with van der Waals surface area (Å²) in [4.78, 5) is 10.6. The third-order valence-electron chi connectivity index (χ3n) is 1.13. The first-order valence-corrected chi connectivity index (χ1v) is 3.54. The maximum Gasteiger partial charge on any atom is 0.513 e. The van der Waals surface area contributed by atoms with Gasteiger partial charge in [-0.3, -0.25) is 0 Å². The Labute approximate surface area is 74.9 Å². The molecule has 1 radical (unpaired) electrons. The monoisotopic (exact) mass is 185 g/mol. The predicted octanol–water partition coefficient (Wildman–Crippen LogP) is 2.29. The molecule has 0 unspecified atom stereocenters. The SMILES string of the molecule is COC(=O)Oc1ccc[c]c1Cl. The van der Waals surface area contributed by atoms with Gasteiger partial charge in [-0.05, 0) is 6.07 Å². The molecule has 0 atom stereocenters. The number of carbonyl (C=O) groups excluding carboxylic acids is 1. The van der Waals surface area contributed by atoms with Crippen molar-refractivity contribution in [1.29, 1.82) is 0 Å². The van der Waals surface area contributed by atoms with Crippen molar-refractivity contribution < 1.29 is 14.3 Å². The molecule has 0 aliphatic rings. The van der Waals surface area contributed by atoms with Crippen LogP contribution >= 0.6 is 11.6 Å². The molecule has 0 fully saturated rings. The van der Waals surface area contributed by atoms with E-state index in [1.807, 2.05) is 0 Å². The van der Waals surface area contributed by atoms with Gasteiger partial charge in [-0.15, -0.1) is 0 Å². The van der Waals surface area contributed by atoms with E-state index in [9.17, 15) is 4.79 Å². The van der Waals surface area contributed by atoms with Crippen molar-refractivity contribution >= 4 is 17.8 Å². The van der Waals surface area contributed by atoms with Gasteiger partial charge in [-0.25, -0.2) is 4.79 Å². The van der Waals surface area contributed by atoms with Crippen LogP contribution in [0.1, 0.15) is 0 Å². The van der Waals surface area contributed by atoms with E-state index in [-0.39, 0.29) is 10.8 Å². The van der Waals surface area contributed by atoms with Crippen LogP contribution in [-0.4, -0.2) is 13.3 Å². The molecule has 0 bridgehead atoms. The van der Waals surface area contributed by atoms with Gasteiger partial charge in [0.05, 0.1) is 12.1 Å². The number of hydrogen-bond acceptors (Lipinski definition) is 3. The van der Waals surface area contributed by atoms with E-state index in [1.54, 1.807) is 18.2 Å². The predicted molar refractivity (Wildman–Crippen MR) is 43.3 cm³/mol. The van der Waals surface area contributed by atoms with Gasteiger partial charge in [0.25, 0.3) is 0 Å². The van der Waals surface area contributed by atoms with Crippen molar-refractivity contribution in [3.05, 3.63) is 29.3 Å². The summed E-state index contributed by atoms with van der Waals surface area (Å²) in [6, 6.07) is 7.49. The number of methoxy groups -OCH3 is 1. The first kappa shape index (κ1) is 8.87. The summed E-state index contributed by atoms with van der Waals surface area (Å²) in [7, 11) is 1.23. The van der Waals surface area contributed by atoms with E-state index in [0.717, 1.165) is 0 Å². The van der Waals surface area contributed by atoms with Crippen molar-refractivity contribution in [1.82, 2.24) is 0 Å². The summed E-state index contributed by atoms with van der Waals surface area (Å²) in [5.41, 5.74) is 0. The summed E-state index contributed by atoms with van der Waals surface area (Å²) in [6.07, 6.45) is -0.795. The van der Waals surface area contributed by atoms with Crippen LogP contribution in [0.15, 0.2) is 18.2 Å². The molecule has 4 heteroatoms. The van der Waals surface area contributed by atoms with Gasteiger partial charge in [-0.2, -0.15) is 0 Å². The summed E-state index contributed by atoms with van der Waals surface area (Å²) < 4.78 is 8.95. The molecule has 3 nitrogen and oxygen atoms in total. The van der Waals surface area contributed by atoms with E-state index in [2.05, 4.69) is 15.5 Å². The first-order chi connectivity index (χ1) is 5.74. The second-order valence-electron chi connectivity index (χ2n) is 1.90. The molecule has 0 amide bonds. The fourth-order valence-electron chi connectivity index (χ4n) is 0.611. The number of ether oxygens (including phenoxy) is 2. The summed E-state index contributed by atoms with van der Waals surface area (Å²) in [5, 5.41) is 0.253. The van der Waals surface area contributed by atoms with Gasteiger partial charge in [-0.1, -0.05) is 23.7 Å². The third kappa shape index (κ3) is 2.13. The molecule has 0 aliphatic heterocycles. The highest BCUT2D eigenvalue weighted by atomic mass is 35.5. The highest BCUT2D eigenvalue weighted by Gasteiger charge is 2.06. The van der Waals surface area contributed by atoms with Crippen molar-refractivity contribution in [3.63, 3.8) is 0 Å². The third-order valence-corrected chi connectivity index (χ3v) is 1.43. The molecule has 0 saturated carbocycles. The van der Waals surface area contributed by atoms with E-state index in [4.69, 9.17) is 11.6 Å². The zero-order chi connectivity index (χ0) is 8.97. The Hall–Kier alpha value is -1.22. The van der Waals surface area contributed by atoms with Crippen LogP contribution in [0.25, 0.3) is 0 Å². The van der Waals surface area contributed by atoms with Crippen LogP contribution in [0.2, 0.25) is 5.02 Å². The first-order valence-electron chi connectivity index (χ1n) is 3.16. The highest BCUT2D eigenvalue weighted by molar-refractivity contribution is 6.31. The zero-order valence-electron chi connectivity index (χ0n) is 6.33. The van der Waals surface area contributed by atoms with Gasteiger partial charge >= 0.3 is 6.16 Å². The zero-order valence-corrected chi connectivity index (χ0v) is 7.09. The molecule has 0 aromatic heterocycles. The molecule has 0 spiro atoms. The Morgan fingerprint density at radius 3 is 3.00 bits per heavy atom. The van der Waals surface area contributed by atoms with Crippen LogP contribution in [0.5, 0.6) is 5.75 Å². The molecule has 0 aliphatic carbocycles. The van der Waals surface area contributed by atoms with Gasteiger partial charge in [0.1, 0.15) is 0 Å². The average Bonchev–Trinajstić information content (AvgIpc) is 2.09. The molecule has 1 aromatic rings. The van der Waals surface area contributed by atoms with Crippen LogP contribution in [0.3, 0.4) is 0 Å². The Bertz CT molecular complexity index is 285. The number of carbonyl (C=O) groups is 1. The molecule has 0 N–H and O–H groups in total. The maximum atomic E-state index is 10.6. The standard InChI is InChI=1S/C8H6ClO3/c1-11-8(10)12-7-5-3-2-4-6(7)9/h2-3,5H,1H3. The topological polar surface area (TPSA) is 35.5 Å². The minimum absolute atomic E-state index is 0.242. The van der Waals surface area contributed by atoms with E-state index in [1.165, 1.54) is 7.11 Å². The van der Waals surface area contributed by atoms with Crippen molar-refractivity contribution in [2.24, 2.45) is 0 Å². The summed E-state index contributed by atoms with van der Waals surface area (Å²) in [6.45, 7) is 0.